The predicted octanol–water partition coefficient (Wildman–Crippen LogP) is 12.3. The molecule has 0 atom stereocenters. The topological polar surface area (TPSA) is 35.6 Å². The van der Waals surface area contributed by atoms with Gasteiger partial charge in [-0.3, -0.25) is 4.57 Å². The molecule has 0 aliphatic carbocycles. The zero-order valence-electron chi connectivity index (χ0n) is 28.1. The molecular weight excluding hydrogens is 633 g/mol. The summed E-state index contributed by atoms with van der Waals surface area (Å²) in [5.74, 6) is 0.819. The molecule has 4 heteroatoms. The summed E-state index contributed by atoms with van der Waals surface area (Å²) in [7, 11) is 0. The van der Waals surface area contributed by atoms with E-state index in [2.05, 4.69) is 173 Å². The average molecular weight is 663 g/mol. The summed E-state index contributed by atoms with van der Waals surface area (Å²) < 4.78 is 4.73. The number of nitrogens with zero attached hydrogens (tertiary/aromatic N) is 4. The molecule has 3 aromatic heterocycles. The summed E-state index contributed by atoms with van der Waals surface area (Å²) in [5, 5.41) is 7.23. The minimum Gasteiger partial charge on any atom is -0.309 e. The van der Waals surface area contributed by atoms with Gasteiger partial charge in [0.25, 0.3) is 0 Å². The van der Waals surface area contributed by atoms with Crippen LogP contribution in [0.5, 0.6) is 0 Å². The monoisotopic (exact) mass is 662 g/mol. The van der Waals surface area contributed by atoms with Crippen LogP contribution in [-0.2, 0) is 0 Å². The van der Waals surface area contributed by atoms with E-state index in [1.54, 1.807) is 0 Å². The molecule has 0 unspecified atom stereocenters. The number of rotatable bonds is 4. The molecule has 11 aromatic rings. The molecule has 0 fully saturated rings. The predicted molar refractivity (Wildman–Crippen MR) is 217 cm³/mol. The molecule has 11 rings (SSSR count). The Kier molecular flexibility index (Phi) is 6.22. The fourth-order valence-electron chi connectivity index (χ4n) is 8.14. The van der Waals surface area contributed by atoms with Crippen LogP contribution >= 0.6 is 0 Å². The summed E-state index contributed by atoms with van der Waals surface area (Å²) in [5.41, 5.74) is 11.7. The Balaban J connectivity index is 1.22. The van der Waals surface area contributed by atoms with E-state index >= 15 is 0 Å². The van der Waals surface area contributed by atoms with E-state index in [1.165, 1.54) is 54.5 Å². The van der Waals surface area contributed by atoms with Crippen molar-refractivity contribution in [2.45, 2.75) is 0 Å². The first-order valence-corrected chi connectivity index (χ1v) is 17.7. The van der Waals surface area contributed by atoms with E-state index in [-0.39, 0.29) is 0 Å². The van der Waals surface area contributed by atoms with Gasteiger partial charge >= 0.3 is 0 Å². The molecule has 0 N–H and O–H groups in total. The van der Waals surface area contributed by atoms with Crippen LogP contribution in [-0.4, -0.2) is 19.1 Å². The first-order chi connectivity index (χ1) is 25.8. The lowest BCUT2D eigenvalue weighted by molar-refractivity contribution is 1.08. The van der Waals surface area contributed by atoms with Crippen LogP contribution in [0.4, 0.5) is 0 Å². The van der Waals surface area contributed by atoms with E-state index in [1.807, 2.05) is 18.2 Å². The molecular formula is C48H30N4. The highest BCUT2D eigenvalue weighted by Gasteiger charge is 2.23. The molecule has 0 amide bonds. The lowest BCUT2D eigenvalue weighted by Gasteiger charge is -2.14. The number of aromatic nitrogens is 4. The minimum atomic E-state index is 0.819. The summed E-state index contributed by atoms with van der Waals surface area (Å²) >= 11 is 0. The molecule has 0 aliphatic rings. The summed E-state index contributed by atoms with van der Waals surface area (Å²) in [6.45, 7) is 0. The van der Waals surface area contributed by atoms with Crippen molar-refractivity contribution in [2.24, 2.45) is 0 Å². The van der Waals surface area contributed by atoms with E-state index in [0.29, 0.717) is 0 Å². The fraction of sp³-hybridized carbons (Fsp3) is 0. The largest absolute Gasteiger partial charge is 0.309 e. The van der Waals surface area contributed by atoms with Gasteiger partial charge in [-0.25, -0.2) is 9.97 Å². The van der Waals surface area contributed by atoms with Gasteiger partial charge < -0.3 is 4.57 Å². The second-order valence-corrected chi connectivity index (χ2v) is 13.4. The minimum absolute atomic E-state index is 0.819. The third-order valence-corrected chi connectivity index (χ3v) is 10.5. The van der Waals surface area contributed by atoms with E-state index < -0.39 is 0 Å². The second kappa shape index (κ2) is 11.2. The lowest BCUT2D eigenvalue weighted by Crippen LogP contribution is -2.03. The maximum Gasteiger partial charge on any atom is 0.165 e. The van der Waals surface area contributed by atoms with Gasteiger partial charge in [0.1, 0.15) is 5.69 Å². The first kappa shape index (κ1) is 28.8. The number of para-hydroxylation sites is 4. The van der Waals surface area contributed by atoms with Crippen molar-refractivity contribution < 1.29 is 0 Å². The zero-order chi connectivity index (χ0) is 34.2. The SMILES string of the molecule is c1ccc(-c2ccc(-n3c4ccccc4c4c5c6ccccc6n(-c6nc7ccccc7nc6-c6ccc7ccccc7c6)c5ccc43)cc2)cc1. The summed E-state index contributed by atoms with van der Waals surface area (Å²) in [6.07, 6.45) is 0. The van der Waals surface area contributed by atoms with Crippen LogP contribution in [0.2, 0.25) is 0 Å². The van der Waals surface area contributed by atoms with E-state index in [9.17, 15) is 0 Å². The highest BCUT2D eigenvalue weighted by atomic mass is 15.1. The van der Waals surface area contributed by atoms with Crippen molar-refractivity contribution in [3.63, 3.8) is 0 Å². The summed E-state index contributed by atoms with van der Waals surface area (Å²) in [4.78, 5) is 10.7. The molecule has 0 bridgehead atoms. The van der Waals surface area contributed by atoms with Crippen molar-refractivity contribution in [2.75, 3.05) is 0 Å². The highest BCUT2D eigenvalue weighted by Crippen LogP contribution is 2.43. The highest BCUT2D eigenvalue weighted by molar-refractivity contribution is 6.29. The molecule has 4 nitrogen and oxygen atoms in total. The molecule has 8 aromatic carbocycles. The Morgan fingerprint density at radius 2 is 0.885 bits per heavy atom. The molecule has 3 heterocycles. The van der Waals surface area contributed by atoms with Gasteiger partial charge in [0.05, 0.1) is 33.1 Å². The van der Waals surface area contributed by atoms with Crippen LogP contribution in [0.25, 0.3) is 99.3 Å². The fourth-order valence-corrected chi connectivity index (χ4v) is 8.14. The van der Waals surface area contributed by atoms with Gasteiger partial charge in [-0.2, -0.15) is 0 Å². The van der Waals surface area contributed by atoms with Crippen LogP contribution in [0.3, 0.4) is 0 Å². The Hall–Kier alpha value is -7.04. The molecule has 52 heavy (non-hydrogen) atoms. The van der Waals surface area contributed by atoms with Crippen molar-refractivity contribution in [1.82, 2.24) is 19.1 Å². The number of benzene rings is 8. The molecule has 0 saturated carbocycles. The van der Waals surface area contributed by atoms with Gasteiger partial charge in [-0.05, 0) is 76.5 Å². The van der Waals surface area contributed by atoms with Gasteiger partial charge in [0.15, 0.2) is 5.82 Å². The third kappa shape index (κ3) is 4.28. The van der Waals surface area contributed by atoms with Crippen LogP contribution in [0.1, 0.15) is 0 Å². The van der Waals surface area contributed by atoms with Gasteiger partial charge in [-0.15, -0.1) is 0 Å². The molecule has 0 aliphatic heterocycles. The van der Waals surface area contributed by atoms with E-state index in [0.717, 1.165) is 44.8 Å². The summed E-state index contributed by atoms with van der Waals surface area (Å²) in [6, 6.07) is 64.8. The van der Waals surface area contributed by atoms with Gasteiger partial charge in [0, 0.05) is 32.8 Å². The van der Waals surface area contributed by atoms with Crippen molar-refractivity contribution in [3.05, 3.63) is 182 Å². The molecule has 242 valence electrons. The quantitative estimate of drug-likeness (QED) is 0.188. The van der Waals surface area contributed by atoms with Gasteiger partial charge in [-0.1, -0.05) is 127 Å². The second-order valence-electron chi connectivity index (χ2n) is 13.4. The zero-order valence-corrected chi connectivity index (χ0v) is 28.1. The Morgan fingerprint density at radius 3 is 1.62 bits per heavy atom. The maximum atomic E-state index is 5.40. The van der Waals surface area contributed by atoms with Crippen LogP contribution in [0.15, 0.2) is 182 Å². The maximum absolute atomic E-state index is 5.40. The lowest BCUT2D eigenvalue weighted by atomic mass is 10.0. The standard InChI is InChI=1S/C48H30N4/c1-2-12-31(13-3-1)33-24-26-36(27-25-33)51-41-20-10-6-16-37(41)45-43(51)28-29-44-46(45)38-17-7-11-21-42(38)52(44)48-47(49-39-18-8-9-19-40(39)50-48)35-23-22-32-14-4-5-15-34(32)30-35/h1-30H. The van der Waals surface area contributed by atoms with Crippen LogP contribution in [0, 0.1) is 0 Å². The number of fused-ring (bicyclic) bond motifs is 9. The van der Waals surface area contributed by atoms with Crippen molar-refractivity contribution in [1.29, 1.82) is 0 Å². The Bertz CT molecular complexity index is 3170. The van der Waals surface area contributed by atoms with Crippen molar-refractivity contribution in [3.8, 4) is 33.9 Å². The van der Waals surface area contributed by atoms with Crippen molar-refractivity contribution >= 4 is 65.4 Å². The van der Waals surface area contributed by atoms with Crippen LogP contribution < -0.4 is 0 Å². The molecule has 0 saturated heterocycles. The normalized spacial score (nSPS) is 11.8. The molecule has 0 radical (unpaired) electrons. The average Bonchev–Trinajstić information content (AvgIpc) is 3.73. The smallest absolute Gasteiger partial charge is 0.165 e. The molecule has 0 spiro atoms. The Morgan fingerprint density at radius 1 is 0.346 bits per heavy atom. The number of hydrogen-bond donors (Lipinski definition) is 0. The Labute approximate surface area is 299 Å². The first-order valence-electron chi connectivity index (χ1n) is 17.7. The number of hydrogen-bond acceptors (Lipinski definition) is 2. The van der Waals surface area contributed by atoms with Gasteiger partial charge in [0.2, 0.25) is 0 Å². The van der Waals surface area contributed by atoms with E-state index in [4.69, 9.17) is 9.97 Å². The third-order valence-electron chi connectivity index (χ3n) is 10.5.